The molecule has 27 heavy (non-hydrogen) atoms. The third kappa shape index (κ3) is 4.39. The van der Waals surface area contributed by atoms with Gasteiger partial charge in [0.1, 0.15) is 24.5 Å². The molecule has 3 aromatic carbocycles. The van der Waals surface area contributed by atoms with E-state index in [1.165, 1.54) is 0 Å². The van der Waals surface area contributed by atoms with Gasteiger partial charge in [-0.25, -0.2) is 9.97 Å². The van der Waals surface area contributed by atoms with Crippen LogP contribution in [0.2, 0.25) is 0 Å². The summed E-state index contributed by atoms with van der Waals surface area (Å²) in [7, 11) is 0. The molecule has 4 aromatic rings. The van der Waals surface area contributed by atoms with E-state index in [2.05, 4.69) is 59.9 Å². The van der Waals surface area contributed by atoms with Crippen molar-refractivity contribution in [3.8, 4) is 5.75 Å². The molecule has 4 nitrogen and oxygen atoms in total. The van der Waals surface area contributed by atoms with E-state index in [1.807, 2.05) is 60.7 Å². The number of anilines is 2. The summed E-state index contributed by atoms with van der Waals surface area (Å²) in [6, 6.07) is 22.1. The van der Waals surface area contributed by atoms with Gasteiger partial charge in [-0.2, -0.15) is 0 Å². The van der Waals surface area contributed by atoms with Gasteiger partial charge in [0.05, 0.1) is 11.2 Å². The number of para-hydroxylation sites is 1. The molecule has 6 heteroatoms. The topological polar surface area (TPSA) is 47.0 Å². The maximum atomic E-state index is 5.92. The molecule has 1 aromatic heterocycles. The quantitative estimate of drug-likeness (QED) is 0.306. The summed E-state index contributed by atoms with van der Waals surface area (Å²) in [4.78, 5) is 8.69. The Bertz CT molecular complexity index is 1100. The minimum atomic E-state index is 0.527. The lowest BCUT2D eigenvalue weighted by Crippen LogP contribution is -1.99. The predicted octanol–water partition coefficient (Wildman–Crippen LogP) is 6.32. The molecule has 134 valence electrons. The molecule has 0 bridgehead atoms. The SMILES string of the molecule is Brc1cccc(COc2ccc(Nc3ncnc4ccccc34)c(I)c2)c1. The molecule has 1 N–H and O–H groups in total. The molecule has 0 saturated heterocycles. The van der Waals surface area contributed by atoms with Crippen LogP contribution in [0.5, 0.6) is 5.75 Å². The van der Waals surface area contributed by atoms with Crippen LogP contribution >= 0.6 is 38.5 Å². The largest absolute Gasteiger partial charge is 0.489 e. The molecular weight excluding hydrogens is 517 g/mol. The van der Waals surface area contributed by atoms with E-state index in [0.717, 1.165) is 41.8 Å². The van der Waals surface area contributed by atoms with Crippen molar-refractivity contribution >= 4 is 60.9 Å². The average molecular weight is 532 g/mol. The number of nitrogens with one attached hydrogen (secondary N) is 1. The van der Waals surface area contributed by atoms with Gasteiger partial charge in [-0.15, -0.1) is 0 Å². The zero-order chi connectivity index (χ0) is 18.6. The number of rotatable bonds is 5. The highest BCUT2D eigenvalue weighted by molar-refractivity contribution is 14.1. The summed E-state index contributed by atoms with van der Waals surface area (Å²) < 4.78 is 8.03. The number of ether oxygens (including phenoxy) is 1. The predicted molar refractivity (Wildman–Crippen MR) is 120 cm³/mol. The Labute approximate surface area is 179 Å². The van der Waals surface area contributed by atoms with E-state index >= 15 is 0 Å². The van der Waals surface area contributed by atoms with Crippen molar-refractivity contribution in [2.24, 2.45) is 0 Å². The number of benzene rings is 3. The molecule has 4 rings (SSSR count). The second kappa shape index (κ2) is 8.22. The van der Waals surface area contributed by atoms with Gasteiger partial charge in [0.25, 0.3) is 0 Å². The van der Waals surface area contributed by atoms with Gasteiger partial charge < -0.3 is 10.1 Å². The van der Waals surface area contributed by atoms with Crippen molar-refractivity contribution in [3.05, 3.63) is 86.7 Å². The van der Waals surface area contributed by atoms with Crippen molar-refractivity contribution in [3.63, 3.8) is 0 Å². The zero-order valence-electron chi connectivity index (χ0n) is 14.2. The average Bonchev–Trinajstić information content (AvgIpc) is 2.68. The molecule has 0 unspecified atom stereocenters. The monoisotopic (exact) mass is 531 g/mol. The first-order valence-electron chi connectivity index (χ1n) is 8.32. The molecular formula is C21H15BrIN3O. The number of halogens is 2. The zero-order valence-corrected chi connectivity index (χ0v) is 17.9. The van der Waals surface area contributed by atoms with E-state index in [1.54, 1.807) is 6.33 Å². The first-order chi connectivity index (χ1) is 13.2. The van der Waals surface area contributed by atoms with Crippen molar-refractivity contribution in [1.29, 1.82) is 0 Å². The summed E-state index contributed by atoms with van der Waals surface area (Å²) >= 11 is 5.79. The lowest BCUT2D eigenvalue weighted by molar-refractivity contribution is 0.306. The van der Waals surface area contributed by atoms with Crippen LogP contribution in [0.25, 0.3) is 10.9 Å². The fourth-order valence-electron chi connectivity index (χ4n) is 2.71. The van der Waals surface area contributed by atoms with Crippen LogP contribution in [0.4, 0.5) is 11.5 Å². The Morgan fingerprint density at radius 3 is 2.70 bits per heavy atom. The Kier molecular flexibility index (Phi) is 5.54. The lowest BCUT2D eigenvalue weighted by Gasteiger charge is -2.12. The highest BCUT2D eigenvalue weighted by atomic mass is 127. The molecule has 0 amide bonds. The van der Waals surface area contributed by atoms with Crippen LogP contribution in [-0.4, -0.2) is 9.97 Å². The van der Waals surface area contributed by atoms with Crippen LogP contribution in [0, 0.1) is 3.57 Å². The number of nitrogens with zero attached hydrogens (tertiary/aromatic N) is 2. The third-order valence-electron chi connectivity index (χ3n) is 4.03. The molecule has 0 aliphatic carbocycles. The summed E-state index contributed by atoms with van der Waals surface area (Å²) in [6.45, 7) is 0.527. The van der Waals surface area contributed by atoms with Gasteiger partial charge in [0.15, 0.2) is 0 Å². The minimum absolute atomic E-state index is 0.527. The van der Waals surface area contributed by atoms with Crippen molar-refractivity contribution < 1.29 is 4.74 Å². The molecule has 0 aliphatic rings. The Hall–Kier alpha value is -2.19. The van der Waals surface area contributed by atoms with Gasteiger partial charge in [-0.3, -0.25) is 0 Å². The fraction of sp³-hybridized carbons (Fsp3) is 0.0476. The number of hydrogen-bond donors (Lipinski definition) is 1. The highest BCUT2D eigenvalue weighted by Gasteiger charge is 2.07. The second-order valence-electron chi connectivity index (χ2n) is 5.92. The van der Waals surface area contributed by atoms with Crippen molar-refractivity contribution in [2.45, 2.75) is 6.61 Å². The van der Waals surface area contributed by atoms with Crippen LogP contribution in [-0.2, 0) is 6.61 Å². The van der Waals surface area contributed by atoms with E-state index in [0.29, 0.717) is 6.61 Å². The summed E-state index contributed by atoms with van der Waals surface area (Å²) in [5.41, 5.74) is 3.02. The minimum Gasteiger partial charge on any atom is -0.489 e. The van der Waals surface area contributed by atoms with E-state index < -0.39 is 0 Å². The van der Waals surface area contributed by atoms with Gasteiger partial charge in [-0.05, 0) is 70.6 Å². The molecule has 0 aliphatic heterocycles. The van der Waals surface area contributed by atoms with E-state index in [9.17, 15) is 0 Å². The smallest absolute Gasteiger partial charge is 0.141 e. The van der Waals surface area contributed by atoms with Gasteiger partial charge in [0.2, 0.25) is 0 Å². The van der Waals surface area contributed by atoms with E-state index in [4.69, 9.17) is 4.74 Å². The summed E-state index contributed by atoms with van der Waals surface area (Å²) in [5.74, 6) is 1.62. The maximum absolute atomic E-state index is 5.92. The number of aromatic nitrogens is 2. The Morgan fingerprint density at radius 1 is 0.963 bits per heavy atom. The highest BCUT2D eigenvalue weighted by Crippen LogP contribution is 2.29. The molecule has 0 radical (unpaired) electrons. The number of hydrogen-bond acceptors (Lipinski definition) is 4. The first-order valence-corrected chi connectivity index (χ1v) is 10.2. The lowest BCUT2D eigenvalue weighted by atomic mass is 10.2. The maximum Gasteiger partial charge on any atom is 0.141 e. The molecule has 0 spiro atoms. The molecule has 0 fully saturated rings. The second-order valence-corrected chi connectivity index (χ2v) is 8.00. The van der Waals surface area contributed by atoms with Crippen LogP contribution in [0.1, 0.15) is 5.56 Å². The van der Waals surface area contributed by atoms with E-state index in [-0.39, 0.29) is 0 Å². The fourth-order valence-corrected chi connectivity index (χ4v) is 3.78. The summed E-state index contributed by atoms with van der Waals surface area (Å²) in [6.07, 6.45) is 1.58. The molecule has 0 saturated carbocycles. The molecule has 0 atom stereocenters. The normalized spacial score (nSPS) is 10.7. The standard InChI is InChI=1S/C21H15BrIN3O/c22-15-5-3-4-14(10-15)12-27-16-8-9-20(18(23)11-16)26-21-17-6-1-2-7-19(17)24-13-25-21/h1-11,13H,12H2,(H,24,25,26). The van der Waals surface area contributed by atoms with Gasteiger partial charge in [0, 0.05) is 13.4 Å². The van der Waals surface area contributed by atoms with Crippen LogP contribution in [0.15, 0.2) is 77.5 Å². The Morgan fingerprint density at radius 2 is 1.85 bits per heavy atom. The van der Waals surface area contributed by atoms with Crippen molar-refractivity contribution in [2.75, 3.05) is 5.32 Å². The number of fused-ring (bicyclic) bond motifs is 1. The van der Waals surface area contributed by atoms with Gasteiger partial charge in [-0.1, -0.05) is 40.2 Å². The van der Waals surface area contributed by atoms with Crippen molar-refractivity contribution in [1.82, 2.24) is 9.97 Å². The third-order valence-corrected chi connectivity index (χ3v) is 5.42. The Balaban J connectivity index is 1.51. The van der Waals surface area contributed by atoms with Gasteiger partial charge >= 0.3 is 0 Å². The summed E-state index contributed by atoms with van der Waals surface area (Å²) in [5, 5.41) is 4.39. The van der Waals surface area contributed by atoms with Crippen LogP contribution < -0.4 is 10.1 Å². The molecule has 1 heterocycles. The van der Waals surface area contributed by atoms with Crippen LogP contribution in [0.3, 0.4) is 0 Å². The first kappa shape index (κ1) is 18.2.